The molecule has 3 nitrogen and oxygen atoms in total. The lowest BCUT2D eigenvalue weighted by atomic mass is 10.1. The van der Waals surface area contributed by atoms with Crippen molar-refractivity contribution in [2.75, 3.05) is 13.2 Å². The fraction of sp³-hybridized carbons (Fsp3) is 0.538. The van der Waals surface area contributed by atoms with Gasteiger partial charge in [-0.3, -0.25) is 0 Å². The van der Waals surface area contributed by atoms with Crippen molar-refractivity contribution in [2.45, 2.75) is 32.4 Å². The number of hydrogen-bond donors (Lipinski definition) is 2. The minimum atomic E-state index is -0.492. The maximum Gasteiger partial charge on any atom is 0.119 e. The Hall–Kier alpha value is -0.330. The van der Waals surface area contributed by atoms with E-state index in [4.69, 9.17) is 4.74 Å². The van der Waals surface area contributed by atoms with E-state index in [1.165, 1.54) is 3.57 Å². The normalized spacial score (nSPS) is 13.5. The van der Waals surface area contributed by atoms with Gasteiger partial charge in [0.2, 0.25) is 0 Å². The number of hydrogen-bond acceptors (Lipinski definition) is 3. The number of benzene rings is 1. The van der Waals surface area contributed by atoms with Crippen LogP contribution in [0.2, 0.25) is 0 Å². The van der Waals surface area contributed by atoms with Crippen molar-refractivity contribution in [1.82, 2.24) is 5.32 Å². The van der Waals surface area contributed by atoms with E-state index in [0.717, 1.165) is 5.75 Å². The summed E-state index contributed by atoms with van der Waals surface area (Å²) in [5, 5.41) is 13.0. The third kappa shape index (κ3) is 6.85. The third-order valence-corrected chi connectivity index (χ3v) is 2.84. The van der Waals surface area contributed by atoms with Crippen LogP contribution in [0.1, 0.15) is 20.8 Å². The molecular formula is C13H20INO2. The third-order valence-electron chi connectivity index (χ3n) is 2.12. The highest BCUT2D eigenvalue weighted by Crippen LogP contribution is 2.13. The number of halogens is 1. The van der Waals surface area contributed by atoms with Crippen LogP contribution in [0.5, 0.6) is 5.75 Å². The van der Waals surface area contributed by atoms with Crippen molar-refractivity contribution < 1.29 is 9.84 Å². The zero-order chi connectivity index (χ0) is 12.9. The first-order valence-corrected chi connectivity index (χ1v) is 6.76. The summed E-state index contributed by atoms with van der Waals surface area (Å²) in [5.74, 6) is 0.792. The Balaban J connectivity index is 2.28. The van der Waals surface area contributed by atoms with Crippen LogP contribution in [0.15, 0.2) is 24.3 Å². The number of aliphatic hydroxyl groups excluding tert-OH is 1. The number of rotatable bonds is 5. The zero-order valence-electron chi connectivity index (χ0n) is 10.5. The topological polar surface area (TPSA) is 41.5 Å². The van der Waals surface area contributed by atoms with Gasteiger partial charge in [0.15, 0.2) is 0 Å². The molecule has 4 heteroatoms. The Morgan fingerprint density at radius 2 is 1.88 bits per heavy atom. The van der Waals surface area contributed by atoms with Gasteiger partial charge in [-0.25, -0.2) is 0 Å². The molecule has 0 unspecified atom stereocenters. The van der Waals surface area contributed by atoms with Crippen LogP contribution in [0.4, 0.5) is 0 Å². The van der Waals surface area contributed by atoms with Crippen LogP contribution >= 0.6 is 22.6 Å². The van der Waals surface area contributed by atoms with E-state index in [0.29, 0.717) is 13.2 Å². The first-order chi connectivity index (χ1) is 7.87. The molecule has 0 spiro atoms. The zero-order valence-corrected chi connectivity index (χ0v) is 12.7. The fourth-order valence-corrected chi connectivity index (χ4v) is 1.57. The minimum absolute atomic E-state index is 0.0177. The molecule has 1 atom stereocenters. The molecule has 2 N–H and O–H groups in total. The lowest BCUT2D eigenvalue weighted by Gasteiger charge is -2.22. The minimum Gasteiger partial charge on any atom is -0.491 e. The van der Waals surface area contributed by atoms with E-state index >= 15 is 0 Å². The van der Waals surface area contributed by atoms with Crippen LogP contribution in [0, 0.1) is 3.57 Å². The van der Waals surface area contributed by atoms with Gasteiger partial charge in [0.25, 0.3) is 0 Å². The van der Waals surface area contributed by atoms with Crippen LogP contribution in [-0.2, 0) is 0 Å². The second-order valence-electron chi connectivity index (χ2n) is 5.05. The summed E-state index contributed by atoms with van der Waals surface area (Å²) in [4.78, 5) is 0. The van der Waals surface area contributed by atoms with Crippen molar-refractivity contribution in [1.29, 1.82) is 0 Å². The Kier molecular flexibility index (Phi) is 5.69. The van der Waals surface area contributed by atoms with Gasteiger partial charge in [-0.2, -0.15) is 0 Å². The number of aliphatic hydroxyl groups is 1. The Morgan fingerprint density at radius 1 is 1.29 bits per heavy atom. The molecule has 0 fully saturated rings. The molecule has 17 heavy (non-hydrogen) atoms. The van der Waals surface area contributed by atoms with Crippen LogP contribution in [0.3, 0.4) is 0 Å². The van der Waals surface area contributed by atoms with E-state index in [-0.39, 0.29) is 5.54 Å². The molecule has 0 aromatic heterocycles. The molecule has 1 aromatic carbocycles. The van der Waals surface area contributed by atoms with Gasteiger partial charge in [0.1, 0.15) is 18.5 Å². The lowest BCUT2D eigenvalue weighted by molar-refractivity contribution is 0.100. The molecule has 0 aliphatic heterocycles. The fourth-order valence-electron chi connectivity index (χ4n) is 1.21. The molecule has 0 saturated heterocycles. The van der Waals surface area contributed by atoms with Crippen molar-refractivity contribution in [3.63, 3.8) is 0 Å². The smallest absolute Gasteiger partial charge is 0.119 e. The quantitative estimate of drug-likeness (QED) is 0.803. The summed E-state index contributed by atoms with van der Waals surface area (Å²) in [6.07, 6.45) is -0.492. The molecule has 0 bridgehead atoms. The number of ether oxygens (including phenoxy) is 1. The van der Waals surface area contributed by atoms with E-state index in [1.54, 1.807) is 0 Å². The SMILES string of the molecule is CC(C)(C)NC[C@H](O)COc1ccc(I)cc1. The van der Waals surface area contributed by atoms with Gasteiger partial charge >= 0.3 is 0 Å². The van der Waals surface area contributed by atoms with Crippen LogP contribution < -0.4 is 10.1 Å². The second kappa shape index (κ2) is 6.56. The van der Waals surface area contributed by atoms with Gasteiger partial charge in [0, 0.05) is 15.7 Å². The first-order valence-electron chi connectivity index (χ1n) is 5.68. The highest BCUT2D eigenvalue weighted by Gasteiger charge is 2.12. The van der Waals surface area contributed by atoms with E-state index in [1.807, 2.05) is 24.3 Å². The molecule has 0 aliphatic rings. The molecular weight excluding hydrogens is 329 g/mol. The lowest BCUT2D eigenvalue weighted by Crippen LogP contribution is -2.42. The monoisotopic (exact) mass is 349 g/mol. The van der Waals surface area contributed by atoms with E-state index in [9.17, 15) is 5.11 Å². The molecule has 96 valence electrons. The maximum absolute atomic E-state index is 9.74. The second-order valence-corrected chi connectivity index (χ2v) is 6.30. The summed E-state index contributed by atoms with van der Waals surface area (Å²) in [6.45, 7) is 7.05. The maximum atomic E-state index is 9.74. The predicted molar refractivity (Wildman–Crippen MR) is 78.4 cm³/mol. The average Bonchev–Trinajstić information content (AvgIpc) is 2.25. The molecule has 1 rings (SSSR count). The van der Waals surface area contributed by atoms with Crippen LogP contribution in [0.25, 0.3) is 0 Å². The number of nitrogens with one attached hydrogen (secondary N) is 1. The Morgan fingerprint density at radius 3 is 2.41 bits per heavy atom. The van der Waals surface area contributed by atoms with Crippen molar-refractivity contribution in [3.05, 3.63) is 27.8 Å². The summed E-state index contributed by atoms with van der Waals surface area (Å²) in [7, 11) is 0. The summed E-state index contributed by atoms with van der Waals surface area (Å²) < 4.78 is 6.67. The van der Waals surface area contributed by atoms with Gasteiger partial charge in [0.05, 0.1) is 0 Å². The predicted octanol–water partition coefficient (Wildman–Crippen LogP) is 2.42. The van der Waals surface area contributed by atoms with Crippen molar-refractivity contribution in [3.8, 4) is 5.75 Å². The molecule has 0 radical (unpaired) electrons. The van der Waals surface area contributed by atoms with E-state index < -0.39 is 6.10 Å². The molecule has 0 heterocycles. The van der Waals surface area contributed by atoms with Crippen LogP contribution in [-0.4, -0.2) is 29.9 Å². The highest BCUT2D eigenvalue weighted by atomic mass is 127. The summed E-state index contributed by atoms with van der Waals surface area (Å²) in [6, 6.07) is 7.78. The van der Waals surface area contributed by atoms with E-state index in [2.05, 4.69) is 48.7 Å². The molecule has 1 aromatic rings. The standard InChI is InChI=1S/C13H20INO2/c1-13(2,3)15-8-11(16)9-17-12-6-4-10(14)5-7-12/h4-7,11,15-16H,8-9H2,1-3H3/t11-/m0/s1. The molecule has 0 saturated carbocycles. The first kappa shape index (κ1) is 14.7. The number of β-amino-alcohol motifs (C(OH)–C–C–N with tert-alkyl or cyclic N) is 1. The summed E-state index contributed by atoms with van der Waals surface area (Å²) in [5.41, 5.74) is 0.0177. The highest BCUT2D eigenvalue weighted by molar-refractivity contribution is 14.1. The van der Waals surface area contributed by atoms with Crippen molar-refractivity contribution >= 4 is 22.6 Å². The Labute approximate surface area is 117 Å². The van der Waals surface area contributed by atoms with Crippen molar-refractivity contribution in [2.24, 2.45) is 0 Å². The molecule has 0 aliphatic carbocycles. The molecule has 0 amide bonds. The summed E-state index contributed by atoms with van der Waals surface area (Å²) >= 11 is 2.25. The van der Waals surface area contributed by atoms with Gasteiger partial charge in [-0.15, -0.1) is 0 Å². The van der Waals surface area contributed by atoms with Gasteiger partial charge in [-0.05, 0) is 67.6 Å². The average molecular weight is 349 g/mol. The van der Waals surface area contributed by atoms with Gasteiger partial charge in [-0.1, -0.05) is 0 Å². The van der Waals surface area contributed by atoms with Gasteiger partial charge < -0.3 is 15.2 Å². The largest absolute Gasteiger partial charge is 0.491 e. The Bertz CT molecular complexity index is 332.